The predicted molar refractivity (Wildman–Crippen MR) is 25.4 cm³/mol. The summed E-state index contributed by atoms with van der Waals surface area (Å²) in [6.07, 6.45) is 1.47. The summed E-state index contributed by atoms with van der Waals surface area (Å²) < 4.78 is 0. The molecular formula is C2H7N5. The van der Waals surface area contributed by atoms with Crippen LogP contribution in [0.2, 0.25) is 0 Å². The van der Waals surface area contributed by atoms with Gasteiger partial charge in [0, 0.05) is 7.05 Å². The molecule has 0 radical (unpaired) electrons. The minimum Gasteiger partial charge on any atom is -0.230 e. The second kappa shape index (κ2) is 1.36. The van der Waals surface area contributed by atoms with Crippen LogP contribution in [-0.2, 0) is 0 Å². The van der Waals surface area contributed by atoms with E-state index in [-0.39, 0.29) is 0 Å². The van der Waals surface area contributed by atoms with Crippen molar-refractivity contribution in [2.24, 2.45) is 10.9 Å². The summed E-state index contributed by atoms with van der Waals surface area (Å²) in [5, 5.41) is 6.47. The van der Waals surface area contributed by atoms with Gasteiger partial charge in [0.25, 0.3) is 0 Å². The summed E-state index contributed by atoms with van der Waals surface area (Å²) in [5.74, 6) is 5.23. The van der Waals surface area contributed by atoms with E-state index in [1.807, 2.05) is 0 Å². The van der Waals surface area contributed by atoms with Crippen molar-refractivity contribution in [2.75, 3.05) is 7.05 Å². The first-order chi connectivity index (χ1) is 3.30. The van der Waals surface area contributed by atoms with E-state index >= 15 is 0 Å². The SMILES string of the molecule is CN1NN=CN1N. The molecule has 40 valence electrons. The number of hydrazone groups is 1. The van der Waals surface area contributed by atoms with Gasteiger partial charge in [-0.15, -0.1) is 5.12 Å². The Morgan fingerprint density at radius 3 is 2.71 bits per heavy atom. The molecule has 0 saturated carbocycles. The van der Waals surface area contributed by atoms with Gasteiger partial charge in [0.05, 0.1) is 0 Å². The van der Waals surface area contributed by atoms with Gasteiger partial charge in [-0.05, 0) is 0 Å². The fourth-order valence-corrected chi connectivity index (χ4v) is 0.298. The fourth-order valence-electron chi connectivity index (χ4n) is 0.298. The maximum atomic E-state index is 5.23. The summed E-state index contributed by atoms with van der Waals surface area (Å²) in [7, 11) is 1.76. The van der Waals surface area contributed by atoms with E-state index in [1.165, 1.54) is 11.5 Å². The first-order valence-corrected chi connectivity index (χ1v) is 1.87. The largest absolute Gasteiger partial charge is 0.230 e. The van der Waals surface area contributed by atoms with Gasteiger partial charge in [-0.1, -0.05) is 0 Å². The van der Waals surface area contributed by atoms with E-state index in [1.54, 1.807) is 12.2 Å². The van der Waals surface area contributed by atoms with Gasteiger partial charge in [0.2, 0.25) is 0 Å². The van der Waals surface area contributed by atoms with E-state index in [4.69, 9.17) is 5.84 Å². The second-order valence-corrected chi connectivity index (χ2v) is 1.25. The maximum absolute atomic E-state index is 5.23. The molecule has 3 N–H and O–H groups in total. The summed E-state index contributed by atoms with van der Waals surface area (Å²) in [5.41, 5.74) is 2.57. The van der Waals surface area contributed by atoms with Crippen molar-refractivity contribution in [1.82, 2.24) is 15.8 Å². The summed E-state index contributed by atoms with van der Waals surface area (Å²) in [4.78, 5) is 0. The van der Waals surface area contributed by atoms with Crippen molar-refractivity contribution in [3.63, 3.8) is 0 Å². The Bertz CT molecular complexity index is 88.1. The van der Waals surface area contributed by atoms with Crippen LogP contribution >= 0.6 is 0 Å². The van der Waals surface area contributed by atoms with Gasteiger partial charge < -0.3 is 0 Å². The fraction of sp³-hybridized carbons (Fsp3) is 0.500. The number of rotatable bonds is 0. The molecule has 5 heteroatoms. The molecule has 1 aliphatic rings. The Kier molecular flexibility index (Phi) is 0.844. The normalized spacial score (nSPS) is 20.6. The van der Waals surface area contributed by atoms with Crippen LogP contribution in [0.5, 0.6) is 0 Å². The van der Waals surface area contributed by atoms with E-state index < -0.39 is 0 Å². The Hall–Kier alpha value is -0.810. The van der Waals surface area contributed by atoms with Crippen LogP contribution in [0.15, 0.2) is 5.10 Å². The number of hydrogen-bond donors (Lipinski definition) is 2. The molecule has 0 aromatic heterocycles. The minimum absolute atomic E-state index is 1.33. The summed E-state index contributed by atoms with van der Waals surface area (Å²) in [6.45, 7) is 0. The molecule has 1 rings (SSSR count). The number of nitrogens with two attached hydrogens (primary N) is 1. The number of nitrogens with zero attached hydrogens (tertiary/aromatic N) is 3. The highest BCUT2D eigenvalue weighted by atomic mass is 16.0. The van der Waals surface area contributed by atoms with Gasteiger partial charge in [0.15, 0.2) is 0 Å². The molecule has 7 heavy (non-hydrogen) atoms. The molecular weight excluding hydrogens is 94.1 g/mol. The topological polar surface area (TPSA) is 56.9 Å². The molecule has 0 atom stereocenters. The smallest absolute Gasteiger partial charge is 0.145 e. The Labute approximate surface area is 41.3 Å². The van der Waals surface area contributed by atoms with Gasteiger partial charge >= 0.3 is 0 Å². The molecule has 0 fully saturated rings. The number of hydrazine groups is 3. The molecule has 0 saturated heterocycles. The average Bonchev–Trinajstić information content (AvgIpc) is 1.91. The van der Waals surface area contributed by atoms with Crippen LogP contribution in [0.1, 0.15) is 0 Å². The lowest BCUT2D eigenvalue weighted by molar-refractivity contribution is 0.0511. The first-order valence-electron chi connectivity index (χ1n) is 1.87. The van der Waals surface area contributed by atoms with Crippen molar-refractivity contribution in [3.05, 3.63) is 0 Å². The number of hydrogen-bond acceptors (Lipinski definition) is 5. The van der Waals surface area contributed by atoms with Crippen molar-refractivity contribution < 1.29 is 0 Å². The van der Waals surface area contributed by atoms with E-state index in [0.717, 1.165) is 0 Å². The first kappa shape index (κ1) is 4.35. The zero-order valence-electron chi connectivity index (χ0n) is 4.00. The lowest BCUT2D eigenvalue weighted by atomic mass is 11.2. The molecule has 0 amide bonds. The summed E-state index contributed by atoms with van der Waals surface area (Å²) >= 11 is 0. The van der Waals surface area contributed by atoms with Crippen LogP contribution < -0.4 is 11.4 Å². The van der Waals surface area contributed by atoms with E-state index in [9.17, 15) is 0 Å². The zero-order chi connectivity index (χ0) is 5.28. The lowest BCUT2D eigenvalue weighted by Gasteiger charge is -2.14. The third-order valence-electron chi connectivity index (χ3n) is 0.725. The molecule has 0 spiro atoms. The molecule has 0 bridgehead atoms. The van der Waals surface area contributed by atoms with Crippen LogP contribution in [0.4, 0.5) is 0 Å². The van der Waals surface area contributed by atoms with Crippen molar-refractivity contribution in [1.29, 1.82) is 0 Å². The molecule has 5 nitrogen and oxygen atoms in total. The molecule has 0 aliphatic carbocycles. The lowest BCUT2D eigenvalue weighted by Crippen LogP contribution is -2.43. The third-order valence-corrected chi connectivity index (χ3v) is 0.725. The van der Waals surface area contributed by atoms with Crippen LogP contribution in [0, 0.1) is 0 Å². The highest BCUT2D eigenvalue weighted by molar-refractivity contribution is 5.53. The second-order valence-electron chi connectivity index (χ2n) is 1.25. The van der Waals surface area contributed by atoms with Gasteiger partial charge in [-0.25, -0.2) is 16.5 Å². The summed E-state index contributed by atoms with van der Waals surface area (Å²) in [6, 6.07) is 0. The standard InChI is InChI=1S/C2H7N5/c1-6-5-4-2-7(6)3/h2,5H,3H2,1H3. The average molecular weight is 101 g/mol. The Balaban J connectivity index is 2.45. The highest BCUT2D eigenvalue weighted by Crippen LogP contribution is 1.82. The Morgan fingerprint density at radius 1 is 1.86 bits per heavy atom. The molecule has 1 aliphatic heterocycles. The monoisotopic (exact) mass is 101 g/mol. The minimum atomic E-state index is 1.33. The van der Waals surface area contributed by atoms with Crippen molar-refractivity contribution in [3.8, 4) is 0 Å². The quantitative estimate of drug-likeness (QED) is 0.363. The highest BCUT2D eigenvalue weighted by Gasteiger charge is 2.03. The maximum Gasteiger partial charge on any atom is 0.145 e. The van der Waals surface area contributed by atoms with Crippen LogP contribution in [0.3, 0.4) is 0 Å². The van der Waals surface area contributed by atoms with Crippen molar-refractivity contribution in [2.45, 2.75) is 0 Å². The van der Waals surface area contributed by atoms with Gasteiger partial charge in [-0.3, -0.25) is 0 Å². The van der Waals surface area contributed by atoms with Gasteiger partial charge in [0.1, 0.15) is 6.34 Å². The number of nitrogens with one attached hydrogen (secondary N) is 1. The molecule has 0 aromatic carbocycles. The van der Waals surface area contributed by atoms with Crippen LogP contribution in [0.25, 0.3) is 0 Å². The van der Waals surface area contributed by atoms with E-state index in [2.05, 4.69) is 10.6 Å². The molecule has 1 heterocycles. The zero-order valence-corrected chi connectivity index (χ0v) is 4.00. The molecule has 0 unspecified atom stereocenters. The molecule has 0 aromatic rings. The predicted octanol–water partition coefficient (Wildman–Crippen LogP) is -1.53. The Morgan fingerprint density at radius 2 is 2.57 bits per heavy atom. The third kappa shape index (κ3) is 0.625. The van der Waals surface area contributed by atoms with Gasteiger partial charge in [-0.2, -0.15) is 5.10 Å². The van der Waals surface area contributed by atoms with E-state index in [0.29, 0.717) is 0 Å². The van der Waals surface area contributed by atoms with Crippen LogP contribution in [-0.4, -0.2) is 23.6 Å². The van der Waals surface area contributed by atoms with Crippen molar-refractivity contribution >= 4 is 6.34 Å².